The maximum absolute atomic E-state index is 5.67. The highest BCUT2D eigenvalue weighted by molar-refractivity contribution is 5.71. The molecule has 20 heavy (non-hydrogen) atoms. The van der Waals surface area contributed by atoms with Crippen molar-refractivity contribution < 1.29 is 0 Å². The van der Waals surface area contributed by atoms with Gasteiger partial charge < -0.3 is 10.6 Å². The summed E-state index contributed by atoms with van der Waals surface area (Å²) in [5, 5.41) is 0. The van der Waals surface area contributed by atoms with Gasteiger partial charge >= 0.3 is 0 Å². The fourth-order valence-corrected chi connectivity index (χ4v) is 2.97. The van der Waals surface area contributed by atoms with Crippen molar-refractivity contribution in [1.29, 1.82) is 0 Å². The summed E-state index contributed by atoms with van der Waals surface area (Å²) in [6.07, 6.45) is 9.53. The number of rotatable bonds is 5. The SMILES string of the molecule is NCCCN(c1ccc2nccnc2n1)C1CCCC1. The molecule has 5 nitrogen and oxygen atoms in total. The number of pyridine rings is 1. The van der Waals surface area contributed by atoms with Crippen molar-refractivity contribution in [2.24, 2.45) is 5.73 Å². The highest BCUT2D eigenvalue weighted by atomic mass is 15.2. The molecule has 0 amide bonds. The van der Waals surface area contributed by atoms with Gasteiger partial charge in [-0.3, -0.25) is 4.98 Å². The number of aromatic nitrogens is 3. The normalized spacial score (nSPS) is 15.8. The largest absolute Gasteiger partial charge is 0.354 e. The van der Waals surface area contributed by atoms with E-state index in [1.807, 2.05) is 6.07 Å². The molecule has 106 valence electrons. The molecule has 3 rings (SSSR count). The molecule has 2 aromatic heterocycles. The lowest BCUT2D eigenvalue weighted by Gasteiger charge is -2.30. The van der Waals surface area contributed by atoms with Crippen LogP contribution in [-0.2, 0) is 0 Å². The van der Waals surface area contributed by atoms with E-state index in [9.17, 15) is 0 Å². The second-order valence-electron chi connectivity index (χ2n) is 5.34. The molecule has 0 aliphatic heterocycles. The first-order valence-corrected chi connectivity index (χ1v) is 7.43. The number of hydrogen-bond acceptors (Lipinski definition) is 5. The van der Waals surface area contributed by atoms with Crippen LogP contribution in [-0.4, -0.2) is 34.1 Å². The highest BCUT2D eigenvalue weighted by Crippen LogP contribution is 2.27. The fourth-order valence-electron chi connectivity index (χ4n) is 2.97. The smallest absolute Gasteiger partial charge is 0.180 e. The van der Waals surface area contributed by atoms with E-state index in [-0.39, 0.29) is 0 Å². The molecule has 0 bridgehead atoms. The molecule has 0 aromatic carbocycles. The molecule has 5 heteroatoms. The topological polar surface area (TPSA) is 67.9 Å². The van der Waals surface area contributed by atoms with Gasteiger partial charge in [0.2, 0.25) is 0 Å². The van der Waals surface area contributed by atoms with Crippen molar-refractivity contribution in [2.45, 2.75) is 38.1 Å². The van der Waals surface area contributed by atoms with Crippen LogP contribution in [0, 0.1) is 0 Å². The van der Waals surface area contributed by atoms with Gasteiger partial charge in [-0.05, 0) is 37.9 Å². The second kappa shape index (κ2) is 6.13. The van der Waals surface area contributed by atoms with Gasteiger partial charge in [-0.15, -0.1) is 0 Å². The van der Waals surface area contributed by atoms with Crippen molar-refractivity contribution in [1.82, 2.24) is 15.0 Å². The molecule has 0 atom stereocenters. The Labute approximate surface area is 119 Å². The summed E-state index contributed by atoms with van der Waals surface area (Å²) in [4.78, 5) is 15.7. The Bertz CT molecular complexity index is 565. The molecule has 1 saturated carbocycles. The molecule has 0 radical (unpaired) electrons. The molecule has 2 N–H and O–H groups in total. The van der Waals surface area contributed by atoms with Gasteiger partial charge in [0.15, 0.2) is 5.65 Å². The molecule has 1 aliphatic rings. The van der Waals surface area contributed by atoms with Crippen LogP contribution in [0.3, 0.4) is 0 Å². The molecule has 0 saturated heterocycles. The average Bonchev–Trinajstić information content (AvgIpc) is 3.02. The molecule has 2 heterocycles. The van der Waals surface area contributed by atoms with E-state index in [2.05, 4.69) is 25.9 Å². The van der Waals surface area contributed by atoms with Crippen molar-refractivity contribution >= 4 is 17.0 Å². The average molecular weight is 271 g/mol. The van der Waals surface area contributed by atoms with Gasteiger partial charge in [-0.25, -0.2) is 9.97 Å². The lowest BCUT2D eigenvalue weighted by molar-refractivity contribution is 0.588. The monoisotopic (exact) mass is 271 g/mol. The minimum Gasteiger partial charge on any atom is -0.354 e. The molecular formula is C15H21N5. The minimum atomic E-state index is 0.600. The Kier molecular flexibility index (Phi) is 4.06. The number of anilines is 1. The summed E-state index contributed by atoms with van der Waals surface area (Å²) < 4.78 is 0. The summed E-state index contributed by atoms with van der Waals surface area (Å²) in [7, 11) is 0. The van der Waals surface area contributed by atoms with E-state index >= 15 is 0 Å². The molecule has 1 fully saturated rings. The molecular weight excluding hydrogens is 250 g/mol. The fraction of sp³-hybridized carbons (Fsp3) is 0.533. The van der Waals surface area contributed by atoms with Crippen molar-refractivity contribution in [3.63, 3.8) is 0 Å². The number of fused-ring (bicyclic) bond motifs is 1. The summed E-state index contributed by atoms with van der Waals surface area (Å²) in [5.41, 5.74) is 7.25. The van der Waals surface area contributed by atoms with Gasteiger partial charge in [-0.2, -0.15) is 0 Å². The van der Waals surface area contributed by atoms with E-state index in [1.54, 1.807) is 12.4 Å². The maximum atomic E-state index is 5.67. The Morgan fingerprint density at radius 1 is 1.15 bits per heavy atom. The zero-order chi connectivity index (χ0) is 13.8. The Hall–Kier alpha value is -1.75. The van der Waals surface area contributed by atoms with Crippen molar-refractivity contribution in [3.8, 4) is 0 Å². The quantitative estimate of drug-likeness (QED) is 0.902. The van der Waals surface area contributed by atoms with Crippen LogP contribution in [0.15, 0.2) is 24.5 Å². The summed E-state index contributed by atoms with van der Waals surface area (Å²) in [5.74, 6) is 1.01. The van der Waals surface area contributed by atoms with E-state index in [4.69, 9.17) is 5.73 Å². The molecule has 1 aliphatic carbocycles. The van der Waals surface area contributed by atoms with E-state index < -0.39 is 0 Å². The lowest BCUT2D eigenvalue weighted by atomic mass is 10.2. The summed E-state index contributed by atoms with van der Waals surface area (Å²) in [6, 6.07) is 4.67. The number of hydrogen-bond donors (Lipinski definition) is 1. The Morgan fingerprint density at radius 2 is 1.95 bits per heavy atom. The van der Waals surface area contributed by atoms with E-state index in [0.717, 1.165) is 36.5 Å². The van der Waals surface area contributed by atoms with Crippen LogP contribution in [0.2, 0.25) is 0 Å². The first-order valence-electron chi connectivity index (χ1n) is 7.43. The standard InChI is InChI=1S/C15H21N5/c16-8-3-11-20(12-4-1-2-5-12)14-7-6-13-15(19-14)18-10-9-17-13/h6-7,9-10,12H,1-5,8,11,16H2. The van der Waals surface area contributed by atoms with Crippen LogP contribution in [0.4, 0.5) is 5.82 Å². The first-order chi connectivity index (χ1) is 9.88. The molecule has 0 unspecified atom stereocenters. The zero-order valence-corrected chi connectivity index (χ0v) is 11.7. The zero-order valence-electron chi connectivity index (χ0n) is 11.7. The van der Waals surface area contributed by atoms with E-state index in [1.165, 1.54) is 25.7 Å². The third kappa shape index (κ3) is 2.72. The van der Waals surface area contributed by atoms with Gasteiger partial charge in [0.05, 0.1) is 0 Å². The minimum absolute atomic E-state index is 0.600. The Morgan fingerprint density at radius 3 is 2.75 bits per heavy atom. The van der Waals surface area contributed by atoms with E-state index in [0.29, 0.717) is 6.04 Å². The third-order valence-electron chi connectivity index (χ3n) is 3.98. The van der Waals surface area contributed by atoms with Gasteiger partial charge in [0.25, 0.3) is 0 Å². The van der Waals surface area contributed by atoms with Crippen LogP contribution in [0.25, 0.3) is 11.2 Å². The maximum Gasteiger partial charge on any atom is 0.180 e. The van der Waals surface area contributed by atoms with Crippen LogP contribution >= 0.6 is 0 Å². The number of nitrogens with zero attached hydrogens (tertiary/aromatic N) is 4. The second-order valence-corrected chi connectivity index (χ2v) is 5.34. The van der Waals surface area contributed by atoms with Crippen LogP contribution < -0.4 is 10.6 Å². The van der Waals surface area contributed by atoms with Gasteiger partial charge in [0.1, 0.15) is 11.3 Å². The molecule has 0 spiro atoms. The van der Waals surface area contributed by atoms with Crippen LogP contribution in [0.5, 0.6) is 0 Å². The predicted octanol–water partition coefficient (Wildman–Crippen LogP) is 2.12. The Balaban J connectivity index is 1.90. The summed E-state index contributed by atoms with van der Waals surface area (Å²) in [6.45, 7) is 1.69. The molecule has 2 aromatic rings. The summed E-state index contributed by atoms with van der Waals surface area (Å²) >= 11 is 0. The lowest BCUT2D eigenvalue weighted by Crippen LogP contribution is -2.35. The first kappa shape index (κ1) is 13.2. The predicted molar refractivity (Wildman–Crippen MR) is 80.6 cm³/mol. The van der Waals surface area contributed by atoms with Crippen LogP contribution in [0.1, 0.15) is 32.1 Å². The van der Waals surface area contributed by atoms with Gasteiger partial charge in [-0.1, -0.05) is 12.8 Å². The van der Waals surface area contributed by atoms with Gasteiger partial charge in [0, 0.05) is 25.0 Å². The third-order valence-corrected chi connectivity index (χ3v) is 3.98. The van der Waals surface area contributed by atoms with Crippen molar-refractivity contribution in [2.75, 3.05) is 18.0 Å². The number of nitrogens with two attached hydrogens (primary N) is 1. The highest BCUT2D eigenvalue weighted by Gasteiger charge is 2.23. The van der Waals surface area contributed by atoms with Crippen molar-refractivity contribution in [3.05, 3.63) is 24.5 Å².